The third kappa shape index (κ3) is 5.76. The number of para-hydroxylation sites is 2. The molecule has 2 heteroatoms. The first-order valence-corrected chi connectivity index (χ1v) is 15.4. The van der Waals surface area contributed by atoms with Crippen molar-refractivity contribution in [2.24, 2.45) is 0 Å². The Morgan fingerprint density at radius 1 is 0.591 bits per heavy atom. The van der Waals surface area contributed by atoms with Gasteiger partial charge in [0.25, 0.3) is 0 Å². The lowest BCUT2D eigenvalue weighted by atomic mass is 9.78. The Kier molecular flexibility index (Phi) is 8.09. The van der Waals surface area contributed by atoms with Gasteiger partial charge < -0.3 is 9.80 Å². The highest BCUT2D eigenvalue weighted by molar-refractivity contribution is 5.78. The third-order valence-corrected chi connectivity index (χ3v) is 8.85. The highest BCUT2D eigenvalue weighted by Crippen LogP contribution is 2.41. The predicted octanol–water partition coefficient (Wildman–Crippen LogP) is 11.5. The van der Waals surface area contributed by atoms with Crippen molar-refractivity contribution < 1.29 is 0 Å². The molecule has 1 atom stereocenters. The third-order valence-electron chi connectivity index (χ3n) is 8.85. The van der Waals surface area contributed by atoms with Crippen LogP contribution in [0.2, 0.25) is 0 Å². The van der Waals surface area contributed by atoms with Gasteiger partial charge in [-0.2, -0.15) is 0 Å². The van der Waals surface area contributed by atoms with Crippen LogP contribution >= 0.6 is 0 Å². The van der Waals surface area contributed by atoms with Gasteiger partial charge in [0, 0.05) is 33.9 Å². The van der Waals surface area contributed by atoms with E-state index in [9.17, 15) is 0 Å². The Morgan fingerprint density at radius 2 is 1.05 bits per heavy atom. The van der Waals surface area contributed by atoms with Crippen molar-refractivity contribution in [3.05, 3.63) is 181 Å². The van der Waals surface area contributed by atoms with Crippen molar-refractivity contribution in [1.82, 2.24) is 0 Å². The molecule has 0 heterocycles. The Bertz CT molecular complexity index is 1750. The normalized spacial score (nSPS) is 16.0. The van der Waals surface area contributed by atoms with E-state index >= 15 is 0 Å². The molecule has 0 N–H and O–H groups in total. The van der Waals surface area contributed by atoms with Crippen molar-refractivity contribution in [3.8, 4) is 0 Å². The maximum Gasteiger partial charge on any atom is 0.0642 e. The highest BCUT2D eigenvalue weighted by atomic mass is 15.2. The maximum absolute atomic E-state index is 3.90. The maximum atomic E-state index is 3.90. The number of rotatable bonds is 9. The first-order chi connectivity index (χ1) is 21.4. The van der Waals surface area contributed by atoms with Gasteiger partial charge in [-0.25, -0.2) is 0 Å². The molecule has 6 rings (SSSR count). The molecule has 44 heavy (non-hydrogen) atoms. The van der Waals surface area contributed by atoms with Crippen LogP contribution < -0.4 is 9.80 Å². The molecule has 1 unspecified atom stereocenters. The number of benzene rings is 5. The summed E-state index contributed by atoms with van der Waals surface area (Å²) in [6.07, 6.45) is 11.7. The van der Waals surface area contributed by atoms with E-state index in [0.717, 1.165) is 34.7 Å². The van der Waals surface area contributed by atoms with Gasteiger partial charge >= 0.3 is 0 Å². The van der Waals surface area contributed by atoms with Gasteiger partial charge in [-0.3, -0.25) is 0 Å². The van der Waals surface area contributed by atoms with Crippen LogP contribution in [-0.4, -0.2) is 5.54 Å². The number of nitrogens with zero attached hydrogens (tertiary/aromatic N) is 2. The average molecular weight is 573 g/mol. The second-order valence-corrected chi connectivity index (χ2v) is 12.2. The summed E-state index contributed by atoms with van der Waals surface area (Å²) in [4.78, 5) is 4.78. The summed E-state index contributed by atoms with van der Waals surface area (Å²) in [6, 6.07) is 48.0. The van der Waals surface area contributed by atoms with Gasteiger partial charge in [-0.05, 0) is 90.7 Å². The van der Waals surface area contributed by atoms with Crippen molar-refractivity contribution in [2.75, 3.05) is 9.80 Å². The van der Waals surface area contributed by atoms with Crippen molar-refractivity contribution in [3.63, 3.8) is 0 Å². The highest BCUT2D eigenvalue weighted by Gasteiger charge is 2.31. The van der Waals surface area contributed by atoms with Crippen molar-refractivity contribution in [1.29, 1.82) is 0 Å². The fraction of sp³-hybridized carbons (Fsp3) is 0.143. The average Bonchev–Trinajstić information content (AvgIpc) is 3.07. The molecule has 5 aromatic carbocycles. The van der Waals surface area contributed by atoms with Crippen molar-refractivity contribution >= 4 is 34.5 Å². The lowest BCUT2D eigenvalue weighted by Crippen LogP contribution is -2.42. The summed E-state index contributed by atoms with van der Waals surface area (Å²) in [5, 5.41) is 0. The molecule has 0 saturated heterocycles. The molecule has 0 amide bonds. The van der Waals surface area contributed by atoms with Gasteiger partial charge in [0.15, 0.2) is 0 Å². The van der Waals surface area contributed by atoms with Crippen LogP contribution in [0.15, 0.2) is 164 Å². The standard InChI is InChI=1S/C42H40N2/c1-5-33-19-21-34(22-20-33)41(2,3)35-23-25-37(26-24-35)43(36-15-9-6-10-16-36)38-27-29-40(30-28-38)44(39-17-11-7-12-18-39)42(4)31-13-8-14-32-42/h5-31H,1,32H2,2-4H3. The molecule has 218 valence electrons. The van der Waals surface area contributed by atoms with Crippen LogP contribution in [0.1, 0.15) is 43.9 Å². The van der Waals surface area contributed by atoms with E-state index in [1.165, 1.54) is 16.8 Å². The molecule has 1 aliphatic carbocycles. The number of hydrogen-bond acceptors (Lipinski definition) is 2. The fourth-order valence-corrected chi connectivity index (χ4v) is 6.20. The molecule has 1 aliphatic rings. The predicted molar refractivity (Wildman–Crippen MR) is 190 cm³/mol. The van der Waals surface area contributed by atoms with Gasteiger partial charge in [-0.15, -0.1) is 0 Å². The van der Waals surface area contributed by atoms with Crippen LogP contribution in [0.25, 0.3) is 6.08 Å². The molecule has 2 nitrogen and oxygen atoms in total. The minimum absolute atomic E-state index is 0.128. The summed E-state index contributed by atoms with van der Waals surface area (Å²) >= 11 is 0. The molecule has 0 saturated carbocycles. The van der Waals surface area contributed by atoms with Gasteiger partial charge in [0.2, 0.25) is 0 Å². The lowest BCUT2D eigenvalue weighted by molar-refractivity contribution is 0.570. The van der Waals surface area contributed by atoms with Crippen LogP contribution in [-0.2, 0) is 5.41 Å². The molecule has 0 radical (unpaired) electrons. The number of hydrogen-bond donors (Lipinski definition) is 0. The summed E-state index contributed by atoms with van der Waals surface area (Å²) in [6.45, 7) is 10.8. The minimum Gasteiger partial charge on any atom is -0.332 e. The van der Waals surface area contributed by atoms with E-state index in [1.807, 2.05) is 6.08 Å². The summed E-state index contributed by atoms with van der Waals surface area (Å²) in [5.74, 6) is 0. The zero-order valence-electron chi connectivity index (χ0n) is 25.9. The van der Waals surface area contributed by atoms with E-state index in [-0.39, 0.29) is 11.0 Å². The second-order valence-electron chi connectivity index (χ2n) is 12.2. The van der Waals surface area contributed by atoms with E-state index in [4.69, 9.17) is 0 Å². The first kappa shape index (κ1) is 29.0. The van der Waals surface area contributed by atoms with Crippen LogP contribution in [0, 0.1) is 0 Å². The first-order valence-electron chi connectivity index (χ1n) is 15.4. The van der Waals surface area contributed by atoms with Crippen LogP contribution in [0.3, 0.4) is 0 Å². The minimum atomic E-state index is -0.161. The molecule has 5 aromatic rings. The molecular weight excluding hydrogens is 532 g/mol. The van der Waals surface area contributed by atoms with Gasteiger partial charge in [0.05, 0.1) is 5.54 Å². The monoisotopic (exact) mass is 572 g/mol. The quantitative estimate of drug-likeness (QED) is 0.173. The van der Waals surface area contributed by atoms with Crippen molar-refractivity contribution in [2.45, 2.75) is 38.1 Å². The molecule has 0 fully saturated rings. The lowest BCUT2D eigenvalue weighted by Gasteiger charge is -2.42. The van der Waals surface area contributed by atoms with Gasteiger partial charge in [-0.1, -0.05) is 124 Å². The molecule has 0 aromatic heterocycles. The van der Waals surface area contributed by atoms with Gasteiger partial charge in [0.1, 0.15) is 0 Å². The fourth-order valence-electron chi connectivity index (χ4n) is 6.20. The van der Waals surface area contributed by atoms with Crippen LogP contribution in [0.4, 0.5) is 28.4 Å². The Morgan fingerprint density at radius 3 is 1.57 bits per heavy atom. The smallest absolute Gasteiger partial charge is 0.0642 e. The van der Waals surface area contributed by atoms with E-state index in [2.05, 4.69) is 195 Å². The summed E-state index contributed by atoms with van der Waals surface area (Å²) in [7, 11) is 0. The summed E-state index contributed by atoms with van der Waals surface area (Å²) in [5.41, 5.74) is 9.11. The summed E-state index contributed by atoms with van der Waals surface area (Å²) < 4.78 is 0. The Hall–Kier alpha value is -5.08. The van der Waals surface area contributed by atoms with E-state index in [0.29, 0.717) is 0 Å². The SMILES string of the molecule is C=Cc1ccc(C(C)(C)c2ccc(N(c3ccccc3)c3ccc(N(c4ccccc4)C4(C)C=CC=CC4)cc3)cc2)cc1. The molecule has 0 aliphatic heterocycles. The molecule has 0 bridgehead atoms. The van der Waals surface area contributed by atoms with E-state index in [1.54, 1.807) is 0 Å². The molecular formula is C42H40N2. The second kappa shape index (κ2) is 12.3. The van der Waals surface area contributed by atoms with E-state index < -0.39 is 0 Å². The molecule has 0 spiro atoms. The van der Waals surface area contributed by atoms with Crippen LogP contribution in [0.5, 0.6) is 0 Å². The number of anilines is 5. The largest absolute Gasteiger partial charge is 0.332 e. The number of allylic oxidation sites excluding steroid dienone is 2. The zero-order chi connectivity index (χ0) is 30.6. The zero-order valence-corrected chi connectivity index (χ0v) is 25.9. The Balaban J connectivity index is 1.36. The Labute approximate surface area is 262 Å². The topological polar surface area (TPSA) is 6.48 Å².